The minimum absolute atomic E-state index is 0.232. The van der Waals surface area contributed by atoms with Crippen molar-refractivity contribution in [2.24, 2.45) is 17.8 Å². The van der Waals surface area contributed by atoms with E-state index >= 15 is 0 Å². The van der Waals surface area contributed by atoms with E-state index in [0.717, 1.165) is 60.5 Å². The summed E-state index contributed by atoms with van der Waals surface area (Å²) < 4.78 is 5.37. The fraction of sp³-hybridized carbons (Fsp3) is 0.643. The molecule has 0 spiro atoms. The van der Waals surface area contributed by atoms with Gasteiger partial charge in [-0.3, -0.25) is 9.78 Å². The van der Waals surface area contributed by atoms with E-state index < -0.39 is 12.1 Å². The number of rotatable bonds is 10. The molecule has 0 bridgehead atoms. The van der Waals surface area contributed by atoms with Gasteiger partial charge in [-0.1, -0.05) is 19.3 Å². The third-order valence-electron chi connectivity index (χ3n) is 8.10. The molecule has 4 rings (SSSR count). The zero-order chi connectivity index (χ0) is 23.9. The Morgan fingerprint density at radius 3 is 2.74 bits per heavy atom. The van der Waals surface area contributed by atoms with Crippen molar-refractivity contribution >= 4 is 16.9 Å². The van der Waals surface area contributed by atoms with Crippen molar-refractivity contribution in [1.82, 2.24) is 9.88 Å². The van der Waals surface area contributed by atoms with Gasteiger partial charge in [0.25, 0.3) is 0 Å². The fourth-order valence-corrected chi connectivity index (χ4v) is 6.16. The summed E-state index contributed by atoms with van der Waals surface area (Å²) in [6.07, 6.45) is 11.6. The third kappa shape index (κ3) is 6.48. The Hall–Kier alpha value is -2.18. The molecule has 34 heavy (non-hydrogen) atoms. The van der Waals surface area contributed by atoms with Crippen LogP contribution >= 0.6 is 0 Å². The summed E-state index contributed by atoms with van der Waals surface area (Å²) in [7, 11) is 1.64. The van der Waals surface area contributed by atoms with Crippen LogP contribution in [0.1, 0.15) is 75.9 Å². The van der Waals surface area contributed by atoms with Gasteiger partial charge in [-0.15, -0.1) is 0 Å². The number of carboxylic acid groups (broad SMARTS) is 1. The summed E-state index contributed by atoms with van der Waals surface area (Å²) in [5.74, 6) is 1.70. The number of pyridine rings is 1. The van der Waals surface area contributed by atoms with Crippen LogP contribution in [0.4, 0.5) is 0 Å². The SMILES string of the molecule is COc1ccc2nccc(C(O)CC[C@@H]3CCN(CC4CCCCC4)C[C@@H]3CCC(=O)O)c2c1. The smallest absolute Gasteiger partial charge is 0.303 e. The van der Waals surface area contributed by atoms with Crippen molar-refractivity contribution in [2.45, 2.75) is 70.3 Å². The molecule has 6 nitrogen and oxygen atoms in total. The van der Waals surface area contributed by atoms with Crippen molar-refractivity contribution in [3.63, 3.8) is 0 Å². The van der Waals surface area contributed by atoms with Crippen LogP contribution in [-0.2, 0) is 4.79 Å². The monoisotopic (exact) mass is 468 g/mol. The first kappa shape index (κ1) is 24.9. The van der Waals surface area contributed by atoms with E-state index in [4.69, 9.17) is 4.74 Å². The number of likely N-dealkylation sites (tertiary alicyclic amines) is 1. The maximum absolute atomic E-state index is 11.3. The van der Waals surface area contributed by atoms with Gasteiger partial charge >= 0.3 is 5.97 Å². The Balaban J connectivity index is 1.39. The first-order chi connectivity index (χ1) is 16.5. The number of aromatic nitrogens is 1. The maximum atomic E-state index is 11.3. The van der Waals surface area contributed by atoms with Gasteiger partial charge in [0.05, 0.1) is 18.7 Å². The largest absolute Gasteiger partial charge is 0.497 e. The predicted octanol–water partition coefficient (Wildman–Crippen LogP) is 5.44. The first-order valence-electron chi connectivity index (χ1n) is 13.1. The molecule has 0 amide bonds. The average molecular weight is 469 g/mol. The minimum Gasteiger partial charge on any atom is -0.497 e. The molecule has 1 aromatic carbocycles. The van der Waals surface area contributed by atoms with Crippen molar-refractivity contribution < 1.29 is 19.7 Å². The number of nitrogens with zero attached hydrogens (tertiary/aromatic N) is 2. The van der Waals surface area contributed by atoms with Gasteiger partial charge in [-0.05, 0) is 92.7 Å². The van der Waals surface area contributed by atoms with Crippen LogP contribution in [0.15, 0.2) is 30.5 Å². The molecule has 3 atom stereocenters. The number of benzene rings is 1. The van der Waals surface area contributed by atoms with E-state index in [1.807, 2.05) is 24.3 Å². The number of carboxylic acids is 1. The lowest BCUT2D eigenvalue weighted by atomic mass is 9.78. The summed E-state index contributed by atoms with van der Waals surface area (Å²) in [6.45, 7) is 3.26. The molecule has 2 aliphatic rings. The Kier molecular flexibility index (Phi) is 8.79. The van der Waals surface area contributed by atoms with Crippen molar-refractivity contribution in [3.05, 3.63) is 36.0 Å². The highest BCUT2D eigenvalue weighted by Crippen LogP contribution is 2.36. The predicted molar refractivity (Wildman–Crippen MR) is 134 cm³/mol. The zero-order valence-electron chi connectivity index (χ0n) is 20.5. The first-order valence-corrected chi connectivity index (χ1v) is 13.1. The summed E-state index contributed by atoms with van der Waals surface area (Å²) in [5, 5.41) is 21.3. The van der Waals surface area contributed by atoms with E-state index in [1.165, 1.54) is 38.6 Å². The van der Waals surface area contributed by atoms with Crippen LogP contribution in [-0.4, -0.2) is 52.8 Å². The molecule has 1 unspecified atom stereocenters. The van der Waals surface area contributed by atoms with E-state index in [1.54, 1.807) is 13.3 Å². The van der Waals surface area contributed by atoms with Gasteiger partial charge < -0.3 is 19.8 Å². The maximum Gasteiger partial charge on any atom is 0.303 e. The number of hydrogen-bond acceptors (Lipinski definition) is 5. The molecule has 2 heterocycles. The standard InChI is InChI=1S/C28H40N2O4/c1-34-23-9-10-26-25(17-23)24(13-15-29-26)27(31)11-7-21-14-16-30(18-20-5-3-2-4-6-20)19-22(21)8-12-28(32)33/h9-10,13,15,17,20-22,27,31H,2-8,11-12,14,16,18-19H2,1H3,(H,32,33)/t21-,22+,27?/m1/s1. The summed E-state index contributed by atoms with van der Waals surface area (Å²) in [4.78, 5) is 18.3. The van der Waals surface area contributed by atoms with Gasteiger partial charge in [0.1, 0.15) is 5.75 Å². The molecule has 0 radical (unpaired) electrons. The number of methoxy groups -OCH3 is 1. The molecule has 6 heteroatoms. The molecule has 1 aromatic heterocycles. The normalized spacial score (nSPS) is 23.1. The van der Waals surface area contributed by atoms with Gasteiger partial charge in [-0.2, -0.15) is 0 Å². The number of aliphatic hydroxyl groups excluding tert-OH is 1. The van der Waals surface area contributed by atoms with Crippen LogP contribution in [0.3, 0.4) is 0 Å². The number of fused-ring (bicyclic) bond motifs is 1. The molecule has 1 saturated carbocycles. The number of piperidine rings is 1. The van der Waals surface area contributed by atoms with Crippen LogP contribution in [0.5, 0.6) is 5.75 Å². The fourth-order valence-electron chi connectivity index (χ4n) is 6.16. The third-order valence-corrected chi connectivity index (χ3v) is 8.10. The van der Waals surface area contributed by atoms with Gasteiger partial charge in [-0.25, -0.2) is 0 Å². The summed E-state index contributed by atoms with van der Waals surface area (Å²) in [5.41, 5.74) is 1.74. The van der Waals surface area contributed by atoms with Crippen LogP contribution in [0.25, 0.3) is 10.9 Å². The lowest BCUT2D eigenvalue weighted by Gasteiger charge is -2.41. The molecule has 1 aliphatic heterocycles. The number of hydrogen-bond donors (Lipinski definition) is 2. The highest BCUT2D eigenvalue weighted by molar-refractivity contribution is 5.83. The Morgan fingerprint density at radius 2 is 1.97 bits per heavy atom. The van der Waals surface area contributed by atoms with Crippen LogP contribution in [0.2, 0.25) is 0 Å². The number of ether oxygens (including phenoxy) is 1. The van der Waals surface area contributed by atoms with E-state index in [-0.39, 0.29) is 6.42 Å². The topological polar surface area (TPSA) is 82.9 Å². The minimum atomic E-state index is -0.708. The second-order valence-corrected chi connectivity index (χ2v) is 10.4. The number of aliphatic hydroxyl groups is 1. The molecule has 1 saturated heterocycles. The summed E-state index contributed by atoms with van der Waals surface area (Å²) >= 11 is 0. The molecule has 186 valence electrons. The Bertz CT molecular complexity index is 943. The van der Waals surface area contributed by atoms with E-state index in [9.17, 15) is 15.0 Å². The number of carbonyl (C=O) groups is 1. The number of aliphatic carboxylic acids is 1. The average Bonchev–Trinajstić information content (AvgIpc) is 2.86. The van der Waals surface area contributed by atoms with Gasteiger partial charge in [0, 0.05) is 31.1 Å². The van der Waals surface area contributed by atoms with Gasteiger partial charge in [0.2, 0.25) is 0 Å². The van der Waals surface area contributed by atoms with Crippen LogP contribution in [0, 0.1) is 17.8 Å². The molecular weight excluding hydrogens is 428 g/mol. The Labute approximate surface area is 203 Å². The second kappa shape index (κ2) is 12.0. The van der Waals surface area contributed by atoms with Crippen molar-refractivity contribution in [1.29, 1.82) is 0 Å². The Morgan fingerprint density at radius 1 is 1.15 bits per heavy atom. The van der Waals surface area contributed by atoms with Crippen LogP contribution < -0.4 is 4.74 Å². The van der Waals surface area contributed by atoms with Crippen molar-refractivity contribution in [3.8, 4) is 5.75 Å². The van der Waals surface area contributed by atoms with Gasteiger partial charge in [0.15, 0.2) is 0 Å². The molecule has 2 fully saturated rings. The molecule has 2 N–H and O–H groups in total. The van der Waals surface area contributed by atoms with E-state index in [2.05, 4.69) is 9.88 Å². The van der Waals surface area contributed by atoms with E-state index in [0.29, 0.717) is 18.3 Å². The molecule has 1 aliphatic carbocycles. The molecular formula is C28H40N2O4. The summed E-state index contributed by atoms with van der Waals surface area (Å²) in [6, 6.07) is 7.66. The highest BCUT2D eigenvalue weighted by atomic mass is 16.5. The van der Waals surface area contributed by atoms with Crippen molar-refractivity contribution in [2.75, 3.05) is 26.7 Å². The highest BCUT2D eigenvalue weighted by Gasteiger charge is 2.31. The zero-order valence-corrected chi connectivity index (χ0v) is 20.5. The lowest BCUT2D eigenvalue weighted by Crippen LogP contribution is -2.43. The lowest BCUT2D eigenvalue weighted by molar-refractivity contribution is -0.137. The molecule has 2 aromatic rings. The quantitative estimate of drug-likeness (QED) is 0.483. The second-order valence-electron chi connectivity index (χ2n) is 10.4.